The summed E-state index contributed by atoms with van der Waals surface area (Å²) >= 11 is 0. The molecule has 0 aliphatic carbocycles. The van der Waals surface area contributed by atoms with Crippen LogP contribution in [0.1, 0.15) is 26.3 Å². The molecule has 2 bridgehead atoms. The van der Waals surface area contributed by atoms with Crippen LogP contribution in [0.2, 0.25) is 0 Å². The fourth-order valence-electron chi connectivity index (χ4n) is 2.00. The van der Waals surface area contributed by atoms with Crippen LogP contribution < -0.4 is 15.2 Å². The first-order chi connectivity index (χ1) is 9.65. The van der Waals surface area contributed by atoms with E-state index in [1.807, 2.05) is 0 Å². The average Bonchev–Trinajstić information content (AvgIpc) is 2.47. The third-order valence-electron chi connectivity index (χ3n) is 3.07. The van der Waals surface area contributed by atoms with Crippen molar-refractivity contribution in [3.05, 3.63) is 59.2 Å². The molecule has 1 aliphatic heterocycles. The Hall–Kier alpha value is -2.82. The Morgan fingerprint density at radius 3 is 2.35 bits per heavy atom. The van der Waals surface area contributed by atoms with Crippen molar-refractivity contribution in [1.82, 2.24) is 0 Å². The van der Waals surface area contributed by atoms with Crippen molar-refractivity contribution in [3.8, 4) is 11.5 Å². The standard InChI is InChI=1S/C15H11NO4/c16-15(18)10-3-1-9(2-4-10)14(17)12-6-5-11-7-13(12)20-8-19-11/h1-7H,8H2,(H2,16,18). The van der Waals surface area contributed by atoms with Crippen molar-refractivity contribution in [1.29, 1.82) is 0 Å². The number of amides is 1. The highest BCUT2D eigenvalue weighted by molar-refractivity contribution is 6.11. The number of carbonyl (C=O) groups is 2. The van der Waals surface area contributed by atoms with Crippen LogP contribution in [-0.4, -0.2) is 18.5 Å². The first kappa shape index (κ1) is 12.2. The smallest absolute Gasteiger partial charge is 0.248 e. The minimum Gasteiger partial charge on any atom is -0.457 e. The third-order valence-corrected chi connectivity index (χ3v) is 3.07. The average molecular weight is 269 g/mol. The molecule has 100 valence electrons. The molecule has 5 heteroatoms. The zero-order valence-electron chi connectivity index (χ0n) is 10.5. The van der Waals surface area contributed by atoms with Crippen molar-refractivity contribution in [2.45, 2.75) is 0 Å². The van der Waals surface area contributed by atoms with E-state index in [2.05, 4.69) is 0 Å². The Morgan fingerprint density at radius 1 is 0.950 bits per heavy atom. The number of rotatable bonds is 3. The minimum absolute atomic E-state index is 0.100. The van der Waals surface area contributed by atoms with Crippen LogP contribution in [0.4, 0.5) is 0 Å². The fourth-order valence-corrected chi connectivity index (χ4v) is 2.00. The quantitative estimate of drug-likeness (QED) is 0.861. The van der Waals surface area contributed by atoms with Gasteiger partial charge in [-0.25, -0.2) is 0 Å². The zero-order chi connectivity index (χ0) is 14.1. The molecule has 0 saturated heterocycles. The van der Waals surface area contributed by atoms with E-state index in [1.165, 1.54) is 12.1 Å². The lowest BCUT2D eigenvalue weighted by atomic mass is 10.0. The molecule has 20 heavy (non-hydrogen) atoms. The van der Waals surface area contributed by atoms with Crippen LogP contribution in [0.15, 0.2) is 42.5 Å². The molecule has 5 nitrogen and oxygen atoms in total. The summed E-state index contributed by atoms with van der Waals surface area (Å²) in [6.45, 7) is 0.100. The first-order valence-corrected chi connectivity index (χ1v) is 5.99. The highest BCUT2D eigenvalue weighted by atomic mass is 16.7. The Bertz CT molecular complexity index is 692. The molecule has 1 amide bonds. The Labute approximate surface area is 114 Å². The van der Waals surface area contributed by atoms with Crippen molar-refractivity contribution in [2.24, 2.45) is 5.73 Å². The van der Waals surface area contributed by atoms with Gasteiger partial charge < -0.3 is 15.2 Å². The second-order valence-electron chi connectivity index (χ2n) is 4.34. The van der Waals surface area contributed by atoms with Gasteiger partial charge in [-0.05, 0) is 24.3 Å². The van der Waals surface area contributed by atoms with Crippen LogP contribution in [0.3, 0.4) is 0 Å². The SMILES string of the molecule is NC(=O)c1ccc(C(=O)c2ccc3cc2OCO3)cc1. The van der Waals surface area contributed by atoms with Crippen molar-refractivity contribution in [2.75, 3.05) is 6.79 Å². The fraction of sp³-hybridized carbons (Fsp3) is 0.0667. The normalized spacial score (nSPS) is 12.2. The predicted molar refractivity (Wildman–Crippen MR) is 71.0 cm³/mol. The summed E-state index contributed by atoms with van der Waals surface area (Å²) in [5, 5.41) is 0. The van der Waals surface area contributed by atoms with Gasteiger partial charge in [-0.1, -0.05) is 12.1 Å². The molecule has 0 saturated carbocycles. The second kappa shape index (κ2) is 4.70. The lowest BCUT2D eigenvalue weighted by Gasteiger charge is -2.18. The molecule has 2 N–H and O–H groups in total. The van der Waals surface area contributed by atoms with E-state index in [-0.39, 0.29) is 12.6 Å². The largest absolute Gasteiger partial charge is 0.457 e. The summed E-state index contributed by atoms with van der Waals surface area (Å²) in [6.07, 6.45) is 0. The van der Waals surface area contributed by atoms with E-state index in [0.29, 0.717) is 28.2 Å². The Balaban J connectivity index is 1.95. The van der Waals surface area contributed by atoms with E-state index in [4.69, 9.17) is 15.2 Å². The second-order valence-corrected chi connectivity index (χ2v) is 4.34. The van der Waals surface area contributed by atoms with Crippen LogP contribution >= 0.6 is 0 Å². The first-order valence-electron chi connectivity index (χ1n) is 5.99. The molecule has 2 aromatic carbocycles. The van der Waals surface area contributed by atoms with E-state index >= 15 is 0 Å². The molecule has 1 aliphatic rings. The third kappa shape index (κ3) is 2.09. The lowest BCUT2D eigenvalue weighted by molar-refractivity contribution is 0.0959. The summed E-state index contributed by atoms with van der Waals surface area (Å²) in [5.74, 6) is 0.470. The maximum Gasteiger partial charge on any atom is 0.248 e. The number of fused-ring (bicyclic) bond motifs is 2. The predicted octanol–water partition coefficient (Wildman–Crippen LogP) is 1.75. The molecular weight excluding hydrogens is 258 g/mol. The van der Waals surface area contributed by atoms with E-state index < -0.39 is 5.91 Å². The number of benzene rings is 2. The van der Waals surface area contributed by atoms with Crippen LogP contribution in [-0.2, 0) is 0 Å². The summed E-state index contributed by atoms with van der Waals surface area (Å²) in [6, 6.07) is 11.3. The molecule has 0 fully saturated rings. The van der Waals surface area contributed by atoms with Gasteiger partial charge in [0.2, 0.25) is 12.7 Å². The number of ether oxygens (including phenoxy) is 2. The number of primary amides is 1. The summed E-state index contributed by atoms with van der Waals surface area (Å²) in [4.78, 5) is 23.4. The van der Waals surface area contributed by atoms with Gasteiger partial charge in [0.1, 0.15) is 11.5 Å². The lowest BCUT2D eigenvalue weighted by Crippen LogP contribution is -2.14. The van der Waals surface area contributed by atoms with Gasteiger partial charge in [0.25, 0.3) is 0 Å². The van der Waals surface area contributed by atoms with E-state index in [9.17, 15) is 9.59 Å². The maximum atomic E-state index is 12.4. The zero-order valence-corrected chi connectivity index (χ0v) is 10.5. The monoisotopic (exact) mass is 269 g/mol. The maximum absolute atomic E-state index is 12.4. The molecule has 2 aromatic rings. The topological polar surface area (TPSA) is 78.6 Å². The number of hydrogen-bond donors (Lipinski definition) is 1. The van der Waals surface area contributed by atoms with Gasteiger partial charge in [0.05, 0.1) is 5.56 Å². The van der Waals surface area contributed by atoms with Crippen molar-refractivity contribution >= 4 is 11.7 Å². The van der Waals surface area contributed by atoms with Crippen LogP contribution in [0.5, 0.6) is 11.5 Å². The van der Waals surface area contributed by atoms with E-state index in [0.717, 1.165) is 0 Å². The summed E-state index contributed by atoms with van der Waals surface area (Å²) in [5.41, 5.74) is 6.46. The molecule has 0 atom stereocenters. The van der Waals surface area contributed by atoms with Crippen molar-refractivity contribution < 1.29 is 19.1 Å². The molecule has 0 radical (unpaired) electrons. The summed E-state index contributed by atoms with van der Waals surface area (Å²) < 4.78 is 10.5. The van der Waals surface area contributed by atoms with Gasteiger partial charge >= 0.3 is 0 Å². The Kier molecular flexibility index (Phi) is 2.87. The van der Waals surface area contributed by atoms with Gasteiger partial charge in [-0.15, -0.1) is 0 Å². The van der Waals surface area contributed by atoms with Gasteiger partial charge in [0.15, 0.2) is 5.78 Å². The summed E-state index contributed by atoms with van der Waals surface area (Å²) in [7, 11) is 0. The molecule has 0 aromatic heterocycles. The highest BCUT2D eigenvalue weighted by Crippen LogP contribution is 2.30. The molecule has 0 unspecified atom stereocenters. The number of ketones is 1. The van der Waals surface area contributed by atoms with Crippen molar-refractivity contribution in [3.63, 3.8) is 0 Å². The minimum atomic E-state index is -0.524. The van der Waals surface area contributed by atoms with Gasteiger partial charge in [0, 0.05) is 17.2 Å². The number of nitrogens with two attached hydrogens (primary N) is 1. The molecular formula is C15H11NO4. The van der Waals surface area contributed by atoms with Gasteiger partial charge in [-0.3, -0.25) is 9.59 Å². The molecule has 3 rings (SSSR count). The van der Waals surface area contributed by atoms with Crippen LogP contribution in [0, 0.1) is 0 Å². The van der Waals surface area contributed by atoms with E-state index in [1.54, 1.807) is 30.3 Å². The number of carbonyl (C=O) groups excluding carboxylic acids is 2. The van der Waals surface area contributed by atoms with Crippen LogP contribution in [0.25, 0.3) is 0 Å². The highest BCUT2D eigenvalue weighted by Gasteiger charge is 2.18. The van der Waals surface area contributed by atoms with Gasteiger partial charge in [-0.2, -0.15) is 0 Å². The molecule has 1 heterocycles. The molecule has 0 spiro atoms. The Morgan fingerprint density at radius 2 is 1.65 bits per heavy atom. The number of hydrogen-bond acceptors (Lipinski definition) is 4.